The normalized spacial score (nSPS) is 10.7. The van der Waals surface area contributed by atoms with Crippen molar-refractivity contribution in [1.29, 1.82) is 0 Å². The van der Waals surface area contributed by atoms with Crippen LogP contribution in [0.2, 0.25) is 0 Å². The number of carboxylic acid groups (broad SMARTS) is 1. The number of aromatic nitrogens is 2. The minimum Gasteiger partial charge on any atom is -0.543 e. The first-order valence-corrected chi connectivity index (χ1v) is 6.86. The number of imide groups is 1. The van der Waals surface area contributed by atoms with Gasteiger partial charge in [0.05, 0.1) is 11.4 Å². The first-order valence-electron chi connectivity index (χ1n) is 6.86. The zero-order chi connectivity index (χ0) is 17.1. The minimum atomic E-state index is -1.56. The molecule has 2 aromatic rings. The lowest BCUT2D eigenvalue weighted by Gasteiger charge is -2.11. The van der Waals surface area contributed by atoms with Crippen LogP contribution in [0.5, 0.6) is 0 Å². The number of carbonyl (C=O) groups is 3. The zero-order valence-electron chi connectivity index (χ0n) is 12.5. The second kappa shape index (κ2) is 6.39. The molecule has 8 heteroatoms. The second-order valence-electron chi connectivity index (χ2n) is 5.21. The highest BCUT2D eigenvalue weighted by Gasteiger charge is 2.16. The van der Waals surface area contributed by atoms with E-state index in [1.54, 1.807) is 26.0 Å². The highest BCUT2D eigenvalue weighted by Crippen LogP contribution is 2.12. The van der Waals surface area contributed by atoms with Crippen molar-refractivity contribution >= 4 is 28.6 Å². The molecule has 0 saturated carbocycles. The zero-order valence-corrected chi connectivity index (χ0v) is 12.5. The maximum Gasteiger partial charge on any atom is 0.275 e. The number of hydrogen-bond acceptors (Lipinski definition) is 6. The summed E-state index contributed by atoms with van der Waals surface area (Å²) < 4.78 is 0.705. The molecule has 23 heavy (non-hydrogen) atoms. The van der Waals surface area contributed by atoms with Gasteiger partial charge in [-0.3, -0.25) is 19.7 Å². The van der Waals surface area contributed by atoms with Gasteiger partial charge < -0.3 is 9.90 Å². The maximum absolute atomic E-state index is 12.3. The van der Waals surface area contributed by atoms with E-state index in [1.807, 2.05) is 0 Å². The second-order valence-corrected chi connectivity index (χ2v) is 5.21. The van der Waals surface area contributed by atoms with Gasteiger partial charge in [0, 0.05) is 11.3 Å². The first kappa shape index (κ1) is 16.3. The Balaban J connectivity index is 2.44. The molecule has 1 aromatic carbocycles. The molecule has 0 fully saturated rings. The Labute approximate surface area is 130 Å². The third-order valence-electron chi connectivity index (χ3n) is 3.14. The molecule has 1 aromatic heterocycles. The molecule has 0 atom stereocenters. The van der Waals surface area contributed by atoms with Gasteiger partial charge in [-0.2, -0.15) is 5.10 Å². The Hall–Kier alpha value is -3.03. The average molecular weight is 316 g/mol. The fourth-order valence-electron chi connectivity index (χ4n) is 1.95. The number of carboxylic acids is 1. The van der Waals surface area contributed by atoms with E-state index in [0.29, 0.717) is 4.68 Å². The summed E-state index contributed by atoms with van der Waals surface area (Å²) in [4.78, 5) is 46.7. The van der Waals surface area contributed by atoms with Crippen molar-refractivity contribution < 1.29 is 19.5 Å². The smallest absolute Gasteiger partial charge is 0.275 e. The van der Waals surface area contributed by atoms with Gasteiger partial charge in [-0.15, -0.1) is 0 Å². The number of aromatic carboxylic acids is 1. The van der Waals surface area contributed by atoms with Gasteiger partial charge >= 0.3 is 0 Å². The molecule has 1 heterocycles. The SMILES string of the molecule is CC(C)C(=O)NC(=O)Cn1nc(C(=O)[O-])c2ccccc2c1=O. The molecule has 120 valence electrons. The van der Waals surface area contributed by atoms with Crippen LogP contribution in [0, 0.1) is 5.92 Å². The van der Waals surface area contributed by atoms with Crippen molar-refractivity contribution in [3.63, 3.8) is 0 Å². The van der Waals surface area contributed by atoms with Gasteiger partial charge in [0.2, 0.25) is 11.8 Å². The molecule has 0 radical (unpaired) electrons. The van der Waals surface area contributed by atoms with Crippen molar-refractivity contribution in [2.75, 3.05) is 0 Å². The van der Waals surface area contributed by atoms with E-state index in [9.17, 15) is 24.3 Å². The summed E-state index contributed by atoms with van der Waals surface area (Å²) in [7, 11) is 0. The van der Waals surface area contributed by atoms with Crippen molar-refractivity contribution in [2.24, 2.45) is 5.92 Å². The van der Waals surface area contributed by atoms with Crippen LogP contribution in [0.15, 0.2) is 29.1 Å². The Morgan fingerprint density at radius 2 is 1.83 bits per heavy atom. The third kappa shape index (κ3) is 3.42. The van der Waals surface area contributed by atoms with Crippen molar-refractivity contribution in [3.8, 4) is 0 Å². The highest BCUT2D eigenvalue weighted by atomic mass is 16.4. The Kier molecular flexibility index (Phi) is 4.54. The molecule has 0 bridgehead atoms. The molecule has 0 spiro atoms. The molecule has 0 aliphatic carbocycles. The number of rotatable bonds is 4. The van der Waals surface area contributed by atoms with E-state index in [1.165, 1.54) is 12.1 Å². The van der Waals surface area contributed by atoms with Gasteiger partial charge in [0.25, 0.3) is 5.56 Å². The average Bonchev–Trinajstić information content (AvgIpc) is 2.49. The van der Waals surface area contributed by atoms with Crippen LogP contribution in [0.3, 0.4) is 0 Å². The molecule has 1 N–H and O–H groups in total. The van der Waals surface area contributed by atoms with Gasteiger partial charge in [-0.25, -0.2) is 4.68 Å². The molecule has 8 nitrogen and oxygen atoms in total. The van der Waals surface area contributed by atoms with E-state index in [2.05, 4.69) is 10.4 Å². The number of carbonyl (C=O) groups excluding carboxylic acids is 3. The Morgan fingerprint density at radius 3 is 2.39 bits per heavy atom. The monoisotopic (exact) mass is 316 g/mol. The van der Waals surface area contributed by atoms with Crippen LogP contribution < -0.4 is 16.0 Å². The lowest BCUT2D eigenvalue weighted by molar-refractivity contribution is -0.255. The van der Waals surface area contributed by atoms with Crippen molar-refractivity contribution in [3.05, 3.63) is 40.3 Å². The van der Waals surface area contributed by atoms with Crippen molar-refractivity contribution in [2.45, 2.75) is 20.4 Å². The summed E-state index contributed by atoms with van der Waals surface area (Å²) in [5, 5.41) is 17.2. The highest BCUT2D eigenvalue weighted by molar-refractivity contribution is 6.00. The fourth-order valence-corrected chi connectivity index (χ4v) is 1.95. The molecular weight excluding hydrogens is 302 g/mol. The van der Waals surface area contributed by atoms with E-state index in [0.717, 1.165) is 0 Å². The van der Waals surface area contributed by atoms with Crippen LogP contribution in [0.25, 0.3) is 10.8 Å². The van der Waals surface area contributed by atoms with Gasteiger partial charge in [-0.1, -0.05) is 32.0 Å². The number of fused-ring (bicyclic) bond motifs is 1. The lowest BCUT2D eigenvalue weighted by atomic mass is 10.1. The predicted molar refractivity (Wildman–Crippen MR) is 78.3 cm³/mol. The topological polar surface area (TPSA) is 121 Å². The quantitative estimate of drug-likeness (QED) is 0.777. The van der Waals surface area contributed by atoms with Crippen LogP contribution in [0.4, 0.5) is 0 Å². The molecule has 0 unspecified atom stereocenters. The van der Waals surface area contributed by atoms with E-state index < -0.39 is 41.5 Å². The third-order valence-corrected chi connectivity index (χ3v) is 3.14. The van der Waals surface area contributed by atoms with Gasteiger partial charge in [0.1, 0.15) is 12.2 Å². The van der Waals surface area contributed by atoms with Gasteiger partial charge in [0.15, 0.2) is 0 Å². The summed E-state index contributed by atoms with van der Waals surface area (Å²) >= 11 is 0. The molecule has 0 aliphatic rings. The summed E-state index contributed by atoms with van der Waals surface area (Å²) in [6, 6.07) is 5.99. The number of nitrogens with one attached hydrogen (secondary N) is 1. The molecule has 0 aliphatic heterocycles. The standard InChI is InChI=1S/C15H15N3O5/c1-8(2)13(20)16-11(19)7-18-14(21)10-6-4-3-5-9(10)12(17-18)15(22)23/h3-6,8H,7H2,1-2H3,(H,22,23)(H,16,19,20)/p-1. The molecule has 0 saturated heterocycles. The Morgan fingerprint density at radius 1 is 1.22 bits per heavy atom. The summed E-state index contributed by atoms with van der Waals surface area (Å²) in [5.41, 5.74) is -1.07. The lowest BCUT2D eigenvalue weighted by Crippen LogP contribution is -2.39. The van der Waals surface area contributed by atoms with Gasteiger partial charge in [-0.05, 0) is 6.07 Å². The molecule has 2 rings (SSSR count). The Bertz CT molecular complexity index is 854. The maximum atomic E-state index is 12.3. The fraction of sp³-hybridized carbons (Fsp3) is 0.267. The van der Waals surface area contributed by atoms with Crippen molar-refractivity contribution in [1.82, 2.24) is 15.1 Å². The number of amides is 2. The van der Waals surface area contributed by atoms with Crippen LogP contribution in [-0.4, -0.2) is 27.6 Å². The van der Waals surface area contributed by atoms with E-state index in [-0.39, 0.29) is 10.8 Å². The van der Waals surface area contributed by atoms with E-state index >= 15 is 0 Å². The minimum absolute atomic E-state index is 0.102. The summed E-state index contributed by atoms with van der Waals surface area (Å²) in [5.74, 6) is -3.21. The number of benzene rings is 1. The summed E-state index contributed by atoms with van der Waals surface area (Å²) in [6.07, 6.45) is 0. The van der Waals surface area contributed by atoms with E-state index in [4.69, 9.17) is 0 Å². The largest absolute Gasteiger partial charge is 0.543 e. The van der Waals surface area contributed by atoms with Crippen LogP contribution in [-0.2, 0) is 16.1 Å². The number of nitrogens with zero attached hydrogens (tertiary/aromatic N) is 2. The summed E-state index contributed by atoms with van der Waals surface area (Å²) in [6.45, 7) is 2.65. The molecule has 2 amide bonds. The van der Waals surface area contributed by atoms with Crippen LogP contribution >= 0.6 is 0 Å². The predicted octanol–water partition coefficient (Wildman–Crippen LogP) is -0.941. The first-order chi connectivity index (χ1) is 10.8. The molecular formula is C15H14N3O5-. The number of hydrogen-bond donors (Lipinski definition) is 1. The van der Waals surface area contributed by atoms with Crippen LogP contribution in [0.1, 0.15) is 24.3 Å².